The topological polar surface area (TPSA) is 38.0 Å². The minimum absolute atomic E-state index is 0.298. The van der Waals surface area contributed by atoms with Crippen molar-refractivity contribution in [3.8, 4) is 17.0 Å². The zero-order chi connectivity index (χ0) is 14.7. The summed E-state index contributed by atoms with van der Waals surface area (Å²) in [6.07, 6.45) is 1.84. The maximum atomic E-state index is 10.5. The van der Waals surface area contributed by atoms with Crippen LogP contribution in [-0.2, 0) is 13.0 Å². The molecule has 0 radical (unpaired) electrons. The van der Waals surface area contributed by atoms with Gasteiger partial charge in [-0.05, 0) is 31.2 Å². The molecule has 3 nitrogen and oxygen atoms in total. The first-order valence-electron chi connectivity index (χ1n) is 7.38. The second kappa shape index (κ2) is 6.12. The average molecular weight is 272 g/mol. The van der Waals surface area contributed by atoms with Gasteiger partial charge in [0.05, 0.1) is 11.3 Å². The van der Waals surface area contributed by atoms with E-state index in [9.17, 15) is 5.11 Å². The van der Waals surface area contributed by atoms with Gasteiger partial charge in [-0.1, -0.05) is 50.6 Å². The van der Waals surface area contributed by atoms with Gasteiger partial charge >= 0.3 is 0 Å². The molecule has 2 rings (SSSR count). The number of benzene rings is 1. The van der Waals surface area contributed by atoms with Gasteiger partial charge < -0.3 is 5.11 Å². The number of aryl methyl sites for hydroxylation is 2. The lowest BCUT2D eigenvalue weighted by atomic mass is 9.99. The SMILES string of the molecule is CCCn1nc(CC(C)C)c(-c2ccc(C)cc2)c1O. The molecule has 1 aromatic carbocycles. The van der Waals surface area contributed by atoms with E-state index in [1.807, 2.05) is 0 Å². The third-order valence-corrected chi connectivity index (χ3v) is 3.38. The lowest BCUT2D eigenvalue weighted by molar-refractivity contribution is 0.398. The number of rotatable bonds is 5. The van der Waals surface area contributed by atoms with Crippen molar-refractivity contribution in [1.29, 1.82) is 0 Å². The van der Waals surface area contributed by atoms with Gasteiger partial charge in [0, 0.05) is 6.54 Å². The van der Waals surface area contributed by atoms with Gasteiger partial charge in [0.1, 0.15) is 0 Å². The Morgan fingerprint density at radius 2 is 1.85 bits per heavy atom. The van der Waals surface area contributed by atoms with E-state index in [2.05, 4.69) is 57.1 Å². The molecule has 0 saturated carbocycles. The van der Waals surface area contributed by atoms with Gasteiger partial charge in [-0.25, -0.2) is 4.68 Å². The van der Waals surface area contributed by atoms with Crippen molar-refractivity contribution < 1.29 is 5.11 Å². The highest BCUT2D eigenvalue weighted by atomic mass is 16.3. The monoisotopic (exact) mass is 272 g/mol. The summed E-state index contributed by atoms with van der Waals surface area (Å²) in [6, 6.07) is 8.27. The normalized spacial score (nSPS) is 11.2. The van der Waals surface area contributed by atoms with Crippen molar-refractivity contribution >= 4 is 0 Å². The predicted octanol–water partition coefficient (Wildman–Crippen LogP) is 4.17. The van der Waals surface area contributed by atoms with Crippen LogP contribution in [0.25, 0.3) is 11.1 Å². The van der Waals surface area contributed by atoms with Crippen LogP contribution in [0.4, 0.5) is 0 Å². The summed E-state index contributed by atoms with van der Waals surface area (Å²) in [5.74, 6) is 0.815. The van der Waals surface area contributed by atoms with E-state index < -0.39 is 0 Å². The molecule has 3 heteroatoms. The Morgan fingerprint density at radius 3 is 2.40 bits per heavy atom. The average Bonchev–Trinajstić information content (AvgIpc) is 2.67. The molecule has 1 N–H and O–H groups in total. The molecule has 0 bridgehead atoms. The number of aromatic nitrogens is 2. The molecule has 1 heterocycles. The van der Waals surface area contributed by atoms with Gasteiger partial charge in [0.2, 0.25) is 5.88 Å². The molecule has 20 heavy (non-hydrogen) atoms. The lowest BCUT2D eigenvalue weighted by Crippen LogP contribution is -2.01. The maximum Gasteiger partial charge on any atom is 0.217 e. The molecule has 1 aromatic heterocycles. The van der Waals surface area contributed by atoms with Crippen LogP contribution in [0, 0.1) is 12.8 Å². The standard InChI is InChI=1S/C17H24N2O/c1-5-10-19-17(20)16(15(18-19)11-12(2)3)14-8-6-13(4)7-9-14/h6-9,12,20H,5,10-11H2,1-4H3. The summed E-state index contributed by atoms with van der Waals surface area (Å²) >= 11 is 0. The summed E-state index contributed by atoms with van der Waals surface area (Å²) in [6.45, 7) is 9.26. The summed E-state index contributed by atoms with van der Waals surface area (Å²) < 4.78 is 1.73. The molecule has 0 aliphatic carbocycles. The minimum atomic E-state index is 0.298. The Balaban J connectivity index is 2.50. The number of hydrogen-bond acceptors (Lipinski definition) is 2. The van der Waals surface area contributed by atoms with Gasteiger partial charge in [-0.15, -0.1) is 0 Å². The van der Waals surface area contributed by atoms with Crippen molar-refractivity contribution in [3.05, 3.63) is 35.5 Å². The Kier molecular flexibility index (Phi) is 4.48. The van der Waals surface area contributed by atoms with E-state index >= 15 is 0 Å². The predicted molar refractivity (Wildman–Crippen MR) is 82.9 cm³/mol. The summed E-state index contributed by atoms with van der Waals surface area (Å²) in [7, 11) is 0. The minimum Gasteiger partial charge on any atom is -0.493 e. The molecule has 0 spiro atoms. The maximum absolute atomic E-state index is 10.5. The Morgan fingerprint density at radius 1 is 1.20 bits per heavy atom. The highest BCUT2D eigenvalue weighted by Crippen LogP contribution is 2.34. The first-order valence-corrected chi connectivity index (χ1v) is 7.38. The van der Waals surface area contributed by atoms with Gasteiger partial charge in [-0.3, -0.25) is 0 Å². The van der Waals surface area contributed by atoms with Gasteiger partial charge in [-0.2, -0.15) is 5.10 Å². The highest BCUT2D eigenvalue weighted by Gasteiger charge is 2.19. The Bertz CT molecular complexity index is 567. The molecule has 0 atom stereocenters. The van der Waals surface area contributed by atoms with Crippen LogP contribution in [0.3, 0.4) is 0 Å². The second-order valence-electron chi connectivity index (χ2n) is 5.83. The fourth-order valence-corrected chi connectivity index (χ4v) is 2.41. The van der Waals surface area contributed by atoms with Crippen LogP contribution in [0.1, 0.15) is 38.4 Å². The number of nitrogens with zero attached hydrogens (tertiary/aromatic N) is 2. The molecule has 0 amide bonds. The third kappa shape index (κ3) is 3.03. The first kappa shape index (κ1) is 14.6. The fourth-order valence-electron chi connectivity index (χ4n) is 2.41. The Labute approximate surface area is 121 Å². The van der Waals surface area contributed by atoms with E-state index in [0.717, 1.165) is 36.2 Å². The molecule has 108 valence electrons. The van der Waals surface area contributed by atoms with E-state index in [-0.39, 0.29) is 0 Å². The number of aromatic hydroxyl groups is 1. The van der Waals surface area contributed by atoms with Crippen LogP contribution in [0.2, 0.25) is 0 Å². The van der Waals surface area contributed by atoms with Crippen molar-refractivity contribution in [3.63, 3.8) is 0 Å². The first-order chi connectivity index (χ1) is 9.52. The lowest BCUT2D eigenvalue weighted by Gasteiger charge is -2.06. The third-order valence-electron chi connectivity index (χ3n) is 3.38. The molecular formula is C17H24N2O. The zero-order valence-corrected chi connectivity index (χ0v) is 12.8. The highest BCUT2D eigenvalue weighted by molar-refractivity contribution is 5.71. The number of hydrogen-bond donors (Lipinski definition) is 1. The largest absolute Gasteiger partial charge is 0.493 e. The molecule has 0 unspecified atom stereocenters. The van der Waals surface area contributed by atoms with Crippen LogP contribution in [-0.4, -0.2) is 14.9 Å². The quantitative estimate of drug-likeness (QED) is 0.887. The van der Waals surface area contributed by atoms with Crippen molar-refractivity contribution in [2.24, 2.45) is 5.92 Å². The van der Waals surface area contributed by atoms with Crippen LogP contribution in [0.15, 0.2) is 24.3 Å². The molecule has 2 aromatic rings. The summed E-state index contributed by atoms with van der Waals surface area (Å²) in [4.78, 5) is 0. The molecule has 0 aliphatic rings. The van der Waals surface area contributed by atoms with E-state index in [0.29, 0.717) is 11.8 Å². The van der Waals surface area contributed by atoms with Gasteiger partial charge in [0.25, 0.3) is 0 Å². The molecule has 0 fully saturated rings. The van der Waals surface area contributed by atoms with Crippen molar-refractivity contribution in [1.82, 2.24) is 9.78 Å². The van der Waals surface area contributed by atoms with Crippen LogP contribution in [0.5, 0.6) is 5.88 Å². The zero-order valence-electron chi connectivity index (χ0n) is 12.8. The van der Waals surface area contributed by atoms with Crippen molar-refractivity contribution in [2.45, 2.75) is 47.1 Å². The van der Waals surface area contributed by atoms with Crippen LogP contribution >= 0.6 is 0 Å². The van der Waals surface area contributed by atoms with Gasteiger partial charge in [0.15, 0.2) is 0 Å². The molecule has 0 saturated heterocycles. The smallest absolute Gasteiger partial charge is 0.217 e. The van der Waals surface area contributed by atoms with E-state index in [4.69, 9.17) is 0 Å². The van der Waals surface area contributed by atoms with E-state index in [1.54, 1.807) is 4.68 Å². The summed E-state index contributed by atoms with van der Waals surface area (Å²) in [5, 5.41) is 15.1. The second-order valence-corrected chi connectivity index (χ2v) is 5.83. The molecule has 0 aliphatic heterocycles. The Hall–Kier alpha value is -1.77. The van der Waals surface area contributed by atoms with E-state index in [1.165, 1.54) is 5.56 Å². The molecular weight excluding hydrogens is 248 g/mol. The van der Waals surface area contributed by atoms with Crippen molar-refractivity contribution in [2.75, 3.05) is 0 Å². The summed E-state index contributed by atoms with van der Waals surface area (Å²) in [5.41, 5.74) is 4.16. The fraction of sp³-hybridized carbons (Fsp3) is 0.471. The van der Waals surface area contributed by atoms with Crippen LogP contribution < -0.4 is 0 Å².